The van der Waals surface area contributed by atoms with E-state index in [0.29, 0.717) is 26.2 Å². The molecule has 0 aliphatic heterocycles. The lowest BCUT2D eigenvalue weighted by Crippen LogP contribution is -2.12. The average Bonchev–Trinajstić information content (AvgIpc) is 2.17. The minimum absolute atomic E-state index is 0.0324. The molecule has 0 amide bonds. The molecule has 0 aliphatic rings. The number of aliphatic carboxylic acids is 1. The second kappa shape index (κ2) is 9.61. The lowest BCUT2D eigenvalue weighted by atomic mass is 10.2. The van der Waals surface area contributed by atoms with Gasteiger partial charge in [-0.05, 0) is 13.3 Å². The first-order valence-corrected chi connectivity index (χ1v) is 5.05. The van der Waals surface area contributed by atoms with Crippen LogP contribution in [0.5, 0.6) is 0 Å². The van der Waals surface area contributed by atoms with Gasteiger partial charge in [0.1, 0.15) is 6.61 Å². The second-order valence-electron chi connectivity index (χ2n) is 3.04. The fraction of sp³-hybridized carbons (Fsp3) is 0.800. The second-order valence-corrected chi connectivity index (χ2v) is 3.04. The Balaban J connectivity index is 3.22. The number of Topliss-reactive ketones (excluding diaryl/α,β-unsaturated/α-hetero) is 1. The molecule has 5 heteroatoms. The molecular formula is C10H18O5. The Morgan fingerprint density at radius 3 is 2.40 bits per heavy atom. The highest BCUT2D eigenvalue weighted by molar-refractivity contribution is 5.80. The van der Waals surface area contributed by atoms with Gasteiger partial charge in [-0.1, -0.05) is 0 Å². The van der Waals surface area contributed by atoms with E-state index in [1.54, 1.807) is 0 Å². The van der Waals surface area contributed by atoms with Gasteiger partial charge >= 0.3 is 5.97 Å². The Bertz CT molecular complexity index is 190. The van der Waals surface area contributed by atoms with Crippen molar-refractivity contribution in [2.45, 2.75) is 26.2 Å². The van der Waals surface area contributed by atoms with Gasteiger partial charge in [-0.25, -0.2) is 0 Å². The highest BCUT2D eigenvalue weighted by Crippen LogP contribution is 1.96. The van der Waals surface area contributed by atoms with Crippen LogP contribution in [-0.2, 0) is 19.1 Å². The normalized spacial score (nSPS) is 10.2. The van der Waals surface area contributed by atoms with Gasteiger partial charge in [0.15, 0.2) is 5.78 Å². The number of ether oxygens (including phenoxy) is 2. The molecular weight excluding hydrogens is 200 g/mol. The summed E-state index contributed by atoms with van der Waals surface area (Å²) in [5.74, 6) is -0.937. The third-order valence-electron chi connectivity index (χ3n) is 1.69. The third kappa shape index (κ3) is 11.0. The minimum atomic E-state index is -0.875. The van der Waals surface area contributed by atoms with Gasteiger partial charge in [-0.15, -0.1) is 0 Å². The van der Waals surface area contributed by atoms with Crippen LogP contribution in [-0.4, -0.2) is 43.3 Å². The van der Waals surface area contributed by atoms with Crippen LogP contribution >= 0.6 is 0 Å². The van der Waals surface area contributed by atoms with Crippen LogP contribution in [0, 0.1) is 0 Å². The number of carboxylic acid groups (broad SMARTS) is 1. The molecule has 0 heterocycles. The topological polar surface area (TPSA) is 72.8 Å². The van der Waals surface area contributed by atoms with Crippen LogP contribution in [0.15, 0.2) is 0 Å². The molecule has 0 saturated carbocycles. The Hall–Kier alpha value is -0.940. The van der Waals surface area contributed by atoms with Gasteiger partial charge in [-0.3, -0.25) is 9.59 Å². The summed E-state index contributed by atoms with van der Waals surface area (Å²) in [6.45, 7) is 3.46. The molecule has 0 spiro atoms. The van der Waals surface area contributed by atoms with E-state index in [9.17, 15) is 9.59 Å². The molecule has 1 N–H and O–H groups in total. The fourth-order valence-electron chi connectivity index (χ4n) is 0.957. The molecule has 0 unspecified atom stereocenters. The first kappa shape index (κ1) is 14.1. The van der Waals surface area contributed by atoms with Crippen molar-refractivity contribution < 1.29 is 24.2 Å². The van der Waals surface area contributed by atoms with Crippen molar-refractivity contribution in [2.75, 3.05) is 26.4 Å². The molecule has 0 aliphatic carbocycles. The molecule has 0 aromatic heterocycles. The molecule has 0 radical (unpaired) electrons. The molecule has 15 heavy (non-hydrogen) atoms. The van der Waals surface area contributed by atoms with E-state index < -0.39 is 5.97 Å². The number of carboxylic acids is 1. The van der Waals surface area contributed by atoms with E-state index in [2.05, 4.69) is 0 Å². The van der Waals surface area contributed by atoms with Gasteiger partial charge in [0, 0.05) is 19.4 Å². The molecule has 0 saturated heterocycles. The average molecular weight is 218 g/mol. The summed E-state index contributed by atoms with van der Waals surface area (Å²) in [6.07, 6.45) is 0.675. The Morgan fingerprint density at radius 1 is 1.13 bits per heavy atom. The van der Waals surface area contributed by atoms with Crippen LogP contribution in [0.1, 0.15) is 26.2 Å². The van der Waals surface area contributed by atoms with Crippen molar-refractivity contribution in [1.29, 1.82) is 0 Å². The molecule has 5 nitrogen and oxygen atoms in total. The van der Waals surface area contributed by atoms with Crippen LogP contribution in [0.2, 0.25) is 0 Å². The summed E-state index contributed by atoms with van der Waals surface area (Å²) in [6, 6.07) is 0. The Morgan fingerprint density at radius 2 is 1.80 bits per heavy atom. The maximum atomic E-state index is 11.1. The predicted molar refractivity (Wildman–Crippen MR) is 53.8 cm³/mol. The number of ketones is 1. The smallest absolute Gasteiger partial charge is 0.303 e. The number of carbonyl (C=O) groups excluding carboxylic acids is 1. The van der Waals surface area contributed by atoms with Gasteiger partial charge < -0.3 is 14.6 Å². The summed E-state index contributed by atoms with van der Waals surface area (Å²) in [5.41, 5.74) is 0. The monoisotopic (exact) mass is 218 g/mol. The van der Waals surface area contributed by atoms with Gasteiger partial charge in [0.05, 0.1) is 13.2 Å². The lowest BCUT2D eigenvalue weighted by molar-refractivity contribution is -0.137. The zero-order chi connectivity index (χ0) is 11.5. The quantitative estimate of drug-likeness (QED) is 0.551. The van der Waals surface area contributed by atoms with E-state index >= 15 is 0 Å². The fourth-order valence-corrected chi connectivity index (χ4v) is 0.957. The van der Waals surface area contributed by atoms with Crippen LogP contribution in [0.4, 0.5) is 0 Å². The Labute approximate surface area is 89.4 Å². The molecule has 0 atom stereocenters. The SMILES string of the molecule is CCOCCOCC(=O)CCCC(=O)O. The van der Waals surface area contributed by atoms with E-state index in [4.69, 9.17) is 14.6 Å². The summed E-state index contributed by atoms with van der Waals surface area (Å²) in [7, 11) is 0. The summed E-state index contributed by atoms with van der Waals surface area (Å²) in [4.78, 5) is 21.3. The summed E-state index contributed by atoms with van der Waals surface area (Å²) in [5, 5.41) is 8.34. The van der Waals surface area contributed by atoms with E-state index in [1.807, 2.05) is 6.92 Å². The number of hydrogen-bond donors (Lipinski definition) is 1. The van der Waals surface area contributed by atoms with Crippen molar-refractivity contribution in [3.8, 4) is 0 Å². The lowest BCUT2D eigenvalue weighted by Gasteiger charge is -2.03. The zero-order valence-electron chi connectivity index (χ0n) is 9.03. The third-order valence-corrected chi connectivity index (χ3v) is 1.69. The van der Waals surface area contributed by atoms with Gasteiger partial charge in [0.25, 0.3) is 0 Å². The summed E-state index contributed by atoms with van der Waals surface area (Å²) < 4.78 is 10.0. The molecule has 0 fully saturated rings. The maximum Gasteiger partial charge on any atom is 0.303 e. The predicted octanol–water partition coefficient (Wildman–Crippen LogP) is 0.863. The highest BCUT2D eigenvalue weighted by atomic mass is 16.5. The number of hydrogen-bond acceptors (Lipinski definition) is 4. The molecule has 88 valence electrons. The van der Waals surface area contributed by atoms with E-state index in [1.165, 1.54) is 0 Å². The van der Waals surface area contributed by atoms with Crippen molar-refractivity contribution >= 4 is 11.8 Å². The molecule has 0 aromatic carbocycles. The molecule has 0 bridgehead atoms. The Kier molecular flexibility index (Phi) is 9.01. The molecule has 0 aromatic rings. The number of rotatable bonds is 10. The van der Waals surface area contributed by atoms with Crippen molar-refractivity contribution in [3.05, 3.63) is 0 Å². The largest absolute Gasteiger partial charge is 0.481 e. The first-order chi connectivity index (χ1) is 7.16. The molecule has 0 rings (SSSR count). The van der Waals surface area contributed by atoms with Crippen molar-refractivity contribution in [1.82, 2.24) is 0 Å². The van der Waals surface area contributed by atoms with Crippen LogP contribution in [0.25, 0.3) is 0 Å². The van der Waals surface area contributed by atoms with Crippen molar-refractivity contribution in [3.63, 3.8) is 0 Å². The first-order valence-electron chi connectivity index (χ1n) is 5.05. The number of carbonyl (C=O) groups is 2. The standard InChI is InChI=1S/C10H18O5/c1-2-14-6-7-15-8-9(11)4-3-5-10(12)13/h2-8H2,1H3,(H,12,13). The maximum absolute atomic E-state index is 11.1. The van der Waals surface area contributed by atoms with E-state index in [0.717, 1.165) is 0 Å². The van der Waals surface area contributed by atoms with Gasteiger partial charge in [-0.2, -0.15) is 0 Å². The van der Waals surface area contributed by atoms with Crippen LogP contribution < -0.4 is 0 Å². The van der Waals surface area contributed by atoms with Crippen molar-refractivity contribution in [2.24, 2.45) is 0 Å². The van der Waals surface area contributed by atoms with Crippen LogP contribution in [0.3, 0.4) is 0 Å². The van der Waals surface area contributed by atoms with E-state index in [-0.39, 0.29) is 25.2 Å². The summed E-state index contributed by atoms with van der Waals surface area (Å²) >= 11 is 0. The highest BCUT2D eigenvalue weighted by Gasteiger charge is 2.03. The zero-order valence-corrected chi connectivity index (χ0v) is 9.03. The minimum Gasteiger partial charge on any atom is -0.481 e. The van der Waals surface area contributed by atoms with Gasteiger partial charge in [0.2, 0.25) is 0 Å².